The minimum absolute atomic E-state index is 0.234. The highest BCUT2D eigenvalue weighted by Crippen LogP contribution is 2.25. The van der Waals surface area contributed by atoms with Crippen LogP contribution >= 0.6 is 0 Å². The summed E-state index contributed by atoms with van der Waals surface area (Å²) in [6, 6.07) is 10.6. The standard InChI is InChI=1S/C22H25N3O4/c1-22(2,3)29-21(28)25(14-19-23-11-12-24(19)4)13-15-9-10-18(20(26)27)17-8-6-5-7-16(15)17/h5-12H,13-14H2,1-4H3,(H,26,27). The molecule has 3 rings (SSSR count). The van der Waals surface area contributed by atoms with Gasteiger partial charge >= 0.3 is 12.1 Å². The van der Waals surface area contributed by atoms with Gasteiger partial charge < -0.3 is 14.4 Å². The molecule has 1 heterocycles. The van der Waals surface area contributed by atoms with Gasteiger partial charge in [-0.1, -0.05) is 30.3 Å². The van der Waals surface area contributed by atoms with E-state index in [2.05, 4.69) is 4.98 Å². The van der Waals surface area contributed by atoms with Crippen LogP contribution in [0, 0.1) is 0 Å². The number of rotatable bonds is 5. The van der Waals surface area contributed by atoms with Gasteiger partial charge in [0.05, 0.1) is 18.7 Å². The van der Waals surface area contributed by atoms with Gasteiger partial charge in [-0.3, -0.25) is 4.90 Å². The number of carboxylic acids is 1. The van der Waals surface area contributed by atoms with E-state index in [0.717, 1.165) is 16.8 Å². The summed E-state index contributed by atoms with van der Waals surface area (Å²) in [4.78, 5) is 30.3. The number of aromatic nitrogens is 2. The molecule has 1 aromatic heterocycles. The number of aryl methyl sites for hydroxylation is 1. The molecule has 0 spiro atoms. The molecule has 1 N–H and O–H groups in total. The van der Waals surface area contributed by atoms with Crippen LogP contribution < -0.4 is 0 Å². The molecule has 0 saturated carbocycles. The molecule has 0 bridgehead atoms. The molecular weight excluding hydrogens is 370 g/mol. The number of benzene rings is 2. The molecule has 7 nitrogen and oxygen atoms in total. The highest BCUT2D eigenvalue weighted by atomic mass is 16.6. The van der Waals surface area contributed by atoms with Gasteiger partial charge in [0.15, 0.2) is 0 Å². The lowest BCUT2D eigenvalue weighted by Crippen LogP contribution is -2.36. The second-order valence-corrected chi connectivity index (χ2v) is 7.91. The highest BCUT2D eigenvalue weighted by molar-refractivity contribution is 6.04. The Morgan fingerprint density at radius 1 is 1.10 bits per heavy atom. The Morgan fingerprint density at radius 2 is 1.79 bits per heavy atom. The summed E-state index contributed by atoms with van der Waals surface area (Å²) in [6.45, 7) is 6.00. The first-order valence-electron chi connectivity index (χ1n) is 9.34. The highest BCUT2D eigenvalue weighted by Gasteiger charge is 2.24. The van der Waals surface area contributed by atoms with Crippen molar-refractivity contribution in [2.75, 3.05) is 0 Å². The lowest BCUT2D eigenvalue weighted by Gasteiger charge is -2.27. The van der Waals surface area contributed by atoms with Gasteiger partial charge in [-0.25, -0.2) is 14.6 Å². The van der Waals surface area contributed by atoms with Crippen molar-refractivity contribution in [3.63, 3.8) is 0 Å². The Bertz CT molecular complexity index is 1050. The van der Waals surface area contributed by atoms with Gasteiger partial charge in [0, 0.05) is 19.4 Å². The maximum absolute atomic E-state index is 12.9. The summed E-state index contributed by atoms with van der Waals surface area (Å²) >= 11 is 0. The van der Waals surface area contributed by atoms with E-state index in [9.17, 15) is 14.7 Å². The molecule has 3 aromatic rings. The van der Waals surface area contributed by atoms with E-state index in [1.54, 1.807) is 35.4 Å². The van der Waals surface area contributed by atoms with E-state index in [-0.39, 0.29) is 18.7 Å². The first-order chi connectivity index (χ1) is 13.7. The Balaban J connectivity index is 1.99. The number of carbonyl (C=O) groups excluding carboxylic acids is 1. The van der Waals surface area contributed by atoms with Crippen molar-refractivity contribution < 1.29 is 19.4 Å². The number of aromatic carboxylic acids is 1. The summed E-state index contributed by atoms with van der Waals surface area (Å²) < 4.78 is 7.44. The first-order valence-corrected chi connectivity index (χ1v) is 9.34. The molecular formula is C22H25N3O4. The normalized spacial score (nSPS) is 11.4. The lowest BCUT2D eigenvalue weighted by atomic mass is 9.99. The van der Waals surface area contributed by atoms with E-state index in [1.165, 1.54) is 0 Å². The molecule has 1 amide bonds. The number of fused-ring (bicyclic) bond motifs is 1. The van der Waals surface area contributed by atoms with Crippen LogP contribution in [0.25, 0.3) is 10.8 Å². The topological polar surface area (TPSA) is 84.7 Å². The van der Waals surface area contributed by atoms with Crippen molar-refractivity contribution in [3.8, 4) is 0 Å². The number of ether oxygens (including phenoxy) is 1. The van der Waals surface area contributed by atoms with E-state index in [1.807, 2.05) is 50.7 Å². The quantitative estimate of drug-likeness (QED) is 0.700. The molecule has 0 atom stereocenters. The molecule has 0 fully saturated rings. The predicted octanol–water partition coefficient (Wildman–Crippen LogP) is 4.21. The van der Waals surface area contributed by atoms with E-state index >= 15 is 0 Å². The number of hydrogen-bond donors (Lipinski definition) is 1. The zero-order chi connectivity index (χ0) is 21.2. The maximum atomic E-state index is 12.9. The fourth-order valence-electron chi connectivity index (χ4n) is 3.12. The van der Waals surface area contributed by atoms with Gasteiger partial charge in [0.25, 0.3) is 0 Å². The first kappa shape index (κ1) is 20.4. The molecule has 29 heavy (non-hydrogen) atoms. The molecule has 0 unspecified atom stereocenters. The van der Waals surface area contributed by atoms with Crippen LogP contribution in [0.3, 0.4) is 0 Å². The predicted molar refractivity (Wildman–Crippen MR) is 110 cm³/mol. The lowest BCUT2D eigenvalue weighted by molar-refractivity contribution is 0.0210. The Labute approximate surface area is 169 Å². The fourth-order valence-corrected chi connectivity index (χ4v) is 3.12. The van der Waals surface area contributed by atoms with Crippen LogP contribution in [0.15, 0.2) is 48.8 Å². The molecule has 0 aliphatic heterocycles. The van der Waals surface area contributed by atoms with Crippen molar-refractivity contribution in [2.45, 2.75) is 39.5 Å². The van der Waals surface area contributed by atoms with Gasteiger partial charge in [-0.05, 0) is 43.2 Å². The molecule has 0 saturated heterocycles. The second kappa shape index (κ2) is 7.95. The van der Waals surface area contributed by atoms with Gasteiger partial charge in [0.1, 0.15) is 11.4 Å². The Morgan fingerprint density at radius 3 is 2.38 bits per heavy atom. The third kappa shape index (κ3) is 4.74. The number of amides is 1. The average molecular weight is 395 g/mol. The molecule has 0 aliphatic carbocycles. The number of nitrogens with zero attached hydrogens (tertiary/aromatic N) is 3. The largest absolute Gasteiger partial charge is 0.478 e. The zero-order valence-corrected chi connectivity index (χ0v) is 17.0. The van der Waals surface area contributed by atoms with Crippen molar-refractivity contribution >= 4 is 22.8 Å². The second-order valence-electron chi connectivity index (χ2n) is 7.91. The van der Waals surface area contributed by atoms with Crippen LogP contribution in [-0.2, 0) is 24.9 Å². The van der Waals surface area contributed by atoms with Crippen LogP contribution in [0.1, 0.15) is 42.5 Å². The number of carbonyl (C=O) groups is 2. The smallest absolute Gasteiger partial charge is 0.410 e. The van der Waals surface area contributed by atoms with Gasteiger partial charge in [-0.15, -0.1) is 0 Å². The van der Waals surface area contributed by atoms with Crippen molar-refractivity contribution in [2.24, 2.45) is 7.05 Å². The summed E-state index contributed by atoms with van der Waals surface area (Å²) in [5, 5.41) is 10.9. The van der Waals surface area contributed by atoms with E-state index in [0.29, 0.717) is 5.39 Å². The Hall–Kier alpha value is -3.35. The monoisotopic (exact) mass is 395 g/mol. The SMILES string of the molecule is Cn1ccnc1CN(Cc1ccc(C(=O)O)c2ccccc12)C(=O)OC(C)(C)C. The molecule has 0 aliphatic rings. The maximum Gasteiger partial charge on any atom is 0.410 e. The van der Waals surface area contributed by atoms with Gasteiger partial charge in [-0.2, -0.15) is 0 Å². The van der Waals surface area contributed by atoms with Crippen molar-refractivity contribution in [1.29, 1.82) is 0 Å². The van der Waals surface area contributed by atoms with E-state index < -0.39 is 17.7 Å². The number of imidazole rings is 1. The average Bonchev–Trinajstić information content (AvgIpc) is 3.04. The van der Waals surface area contributed by atoms with Crippen molar-refractivity contribution in [3.05, 3.63) is 65.7 Å². The molecule has 2 aromatic carbocycles. The molecule has 0 radical (unpaired) electrons. The summed E-state index contributed by atoms with van der Waals surface area (Å²) in [5.74, 6) is -0.257. The summed E-state index contributed by atoms with van der Waals surface area (Å²) in [6.07, 6.45) is 3.05. The zero-order valence-electron chi connectivity index (χ0n) is 17.0. The van der Waals surface area contributed by atoms with Crippen molar-refractivity contribution in [1.82, 2.24) is 14.5 Å². The minimum Gasteiger partial charge on any atom is -0.478 e. The van der Waals surface area contributed by atoms with Crippen LogP contribution in [0.2, 0.25) is 0 Å². The molecule has 7 heteroatoms. The fraction of sp³-hybridized carbons (Fsp3) is 0.318. The van der Waals surface area contributed by atoms with Crippen LogP contribution in [0.5, 0.6) is 0 Å². The summed E-state index contributed by atoms with van der Waals surface area (Å²) in [5.41, 5.74) is 0.439. The third-order valence-electron chi connectivity index (χ3n) is 4.51. The van der Waals surface area contributed by atoms with Crippen LogP contribution in [0.4, 0.5) is 4.79 Å². The molecule has 152 valence electrons. The number of carboxylic acid groups (broad SMARTS) is 1. The number of hydrogen-bond acceptors (Lipinski definition) is 4. The van der Waals surface area contributed by atoms with Gasteiger partial charge in [0.2, 0.25) is 0 Å². The van der Waals surface area contributed by atoms with E-state index in [4.69, 9.17) is 4.74 Å². The minimum atomic E-state index is -0.982. The third-order valence-corrected chi connectivity index (χ3v) is 4.51. The van der Waals surface area contributed by atoms with Crippen LogP contribution in [-0.4, -0.2) is 37.2 Å². The summed E-state index contributed by atoms with van der Waals surface area (Å²) in [7, 11) is 1.87. The Kier molecular flexibility index (Phi) is 5.59.